The van der Waals surface area contributed by atoms with Gasteiger partial charge in [-0.3, -0.25) is 14.5 Å². The van der Waals surface area contributed by atoms with E-state index in [1.165, 1.54) is 12.1 Å². The second-order valence-electron chi connectivity index (χ2n) is 7.67. The number of hydrogen-bond donors (Lipinski definition) is 2. The molecular formula is C24H24ClFN4O3. The number of anilines is 2. The third kappa shape index (κ3) is 5.71. The predicted molar refractivity (Wildman–Crippen MR) is 125 cm³/mol. The second kappa shape index (κ2) is 10.5. The number of carbonyl (C=O) groups excluding carboxylic acids is 2. The van der Waals surface area contributed by atoms with Gasteiger partial charge in [0.05, 0.1) is 23.0 Å². The van der Waals surface area contributed by atoms with Crippen molar-refractivity contribution in [1.82, 2.24) is 10.2 Å². The molecule has 0 bridgehead atoms. The number of furan rings is 1. The quantitative estimate of drug-likeness (QED) is 0.537. The van der Waals surface area contributed by atoms with Gasteiger partial charge in [-0.05, 0) is 48.5 Å². The normalized spacial score (nSPS) is 15.2. The molecule has 2 amide bonds. The lowest BCUT2D eigenvalue weighted by molar-refractivity contribution is -0.136. The first kappa shape index (κ1) is 22.8. The fraction of sp³-hybridized carbons (Fsp3) is 0.250. The third-order valence-electron chi connectivity index (χ3n) is 5.60. The van der Waals surface area contributed by atoms with E-state index in [0.717, 1.165) is 18.8 Å². The van der Waals surface area contributed by atoms with E-state index >= 15 is 0 Å². The summed E-state index contributed by atoms with van der Waals surface area (Å²) in [4.78, 5) is 29.1. The Kier molecular flexibility index (Phi) is 7.26. The van der Waals surface area contributed by atoms with Gasteiger partial charge in [-0.1, -0.05) is 23.7 Å². The molecular weight excluding hydrogens is 447 g/mol. The van der Waals surface area contributed by atoms with Crippen LogP contribution in [0, 0.1) is 5.82 Å². The summed E-state index contributed by atoms with van der Waals surface area (Å²) in [5, 5.41) is 5.58. The molecule has 0 spiro atoms. The average Bonchev–Trinajstić information content (AvgIpc) is 3.36. The smallest absolute Gasteiger partial charge is 0.313 e. The monoisotopic (exact) mass is 470 g/mol. The highest BCUT2D eigenvalue weighted by Crippen LogP contribution is 2.25. The fourth-order valence-corrected chi connectivity index (χ4v) is 4.03. The highest BCUT2D eigenvalue weighted by molar-refractivity contribution is 6.41. The van der Waals surface area contributed by atoms with Crippen molar-refractivity contribution in [3.05, 3.63) is 83.5 Å². The van der Waals surface area contributed by atoms with Crippen molar-refractivity contribution in [3.8, 4) is 0 Å². The van der Waals surface area contributed by atoms with E-state index in [1.54, 1.807) is 48.7 Å². The number of para-hydroxylation sites is 1. The summed E-state index contributed by atoms with van der Waals surface area (Å²) in [5.74, 6) is -1.10. The Morgan fingerprint density at radius 2 is 1.70 bits per heavy atom. The van der Waals surface area contributed by atoms with E-state index in [4.69, 9.17) is 16.0 Å². The van der Waals surface area contributed by atoms with Crippen molar-refractivity contribution in [3.63, 3.8) is 0 Å². The number of nitrogens with one attached hydrogen (secondary N) is 2. The van der Waals surface area contributed by atoms with Gasteiger partial charge in [0.1, 0.15) is 11.6 Å². The summed E-state index contributed by atoms with van der Waals surface area (Å²) in [6.07, 6.45) is 1.59. The van der Waals surface area contributed by atoms with Gasteiger partial charge in [0, 0.05) is 38.4 Å². The maximum Gasteiger partial charge on any atom is 0.313 e. The summed E-state index contributed by atoms with van der Waals surface area (Å²) in [6, 6.07) is 16.6. The molecule has 1 unspecified atom stereocenters. The number of nitrogens with zero attached hydrogens (tertiary/aromatic N) is 2. The largest absolute Gasteiger partial charge is 0.468 e. The Hall–Kier alpha value is -3.36. The zero-order valence-electron chi connectivity index (χ0n) is 17.8. The van der Waals surface area contributed by atoms with Gasteiger partial charge in [0.15, 0.2) is 0 Å². The molecule has 33 heavy (non-hydrogen) atoms. The van der Waals surface area contributed by atoms with Gasteiger partial charge < -0.3 is 20.0 Å². The molecule has 2 heterocycles. The molecule has 1 aromatic heterocycles. The predicted octanol–water partition coefficient (Wildman–Crippen LogP) is 3.69. The molecule has 2 N–H and O–H groups in total. The van der Waals surface area contributed by atoms with Crippen LogP contribution in [0.5, 0.6) is 0 Å². The van der Waals surface area contributed by atoms with Crippen molar-refractivity contribution in [1.29, 1.82) is 0 Å². The minimum absolute atomic E-state index is 0.207. The summed E-state index contributed by atoms with van der Waals surface area (Å²) >= 11 is 6.05. The van der Waals surface area contributed by atoms with E-state index in [0.29, 0.717) is 29.6 Å². The molecule has 1 atom stereocenters. The van der Waals surface area contributed by atoms with Crippen molar-refractivity contribution in [2.75, 3.05) is 42.9 Å². The van der Waals surface area contributed by atoms with Crippen LogP contribution in [0.2, 0.25) is 5.02 Å². The van der Waals surface area contributed by atoms with Gasteiger partial charge >= 0.3 is 11.8 Å². The molecule has 1 saturated heterocycles. The first-order valence-corrected chi connectivity index (χ1v) is 11.0. The van der Waals surface area contributed by atoms with Crippen LogP contribution in [-0.2, 0) is 9.59 Å². The van der Waals surface area contributed by atoms with Gasteiger partial charge in [-0.2, -0.15) is 0 Å². The van der Waals surface area contributed by atoms with Gasteiger partial charge in [0.2, 0.25) is 0 Å². The number of hydrogen-bond acceptors (Lipinski definition) is 5. The zero-order valence-corrected chi connectivity index (χ0v) is 18.6. The lowest BCUT2D eigenvalue weighted by Crippen LogP contribution is -2.50. The van der Waals surface area contributed by atoms with Gasteiger partial charge in [0.25, 0.3) is 0 Å². The summed E-state index contributed by atoms with van der Waals surface area (Å²) < 4.78 is 18.8. The first-order chi connectivity index (χ1) is 16.0. The van der Waals surface area contributed by atoms with Crippen molar-refractivity contribution in [2.45, 2.75) is 6.04 Å². The Balaban J connectivity index is 1.36. The molecule has 9 heteroatoms. The van der Waals surface area contributed by atoms with Crippen LogP contribution in [0.15, 0.2) is 71.3 Å². The Morgan fingerprint density at radius 1 is 0.970 bits per heavy atom. The van der Waals surface area contributed by atoms with Gasteiger partial charge in [-0.15, -0.1) is 0 Å². The lowest BCUT2D eigenvalue weighted by Gasteiger charge is -2.39. The number of piperazine rings is 1. The zero-order chi connectivity index (χ0) is 23.2. The molecule has 7 nitrogen and oxygen atoms in total. The Morgan fingerprint density at radius 3 is 2.36 bits per heavy atom. The van der Waals surface area contributed by atoms with E-state index in [-0.39, 0.29) is 18.4 Å². The number of halogens is 2. The van der Waals surface area contributed by atoms with Crippen LogP contribution >= 0.6 is 11.6 Å². The Bertz CT molecular complexity index is 1080. The lowest BCUT2D eigenvalue weighted by atomic mass is 10.1. The Labute approximate surface area is 196 Å². The summed E-state index contributed by atoms with van der Waals surface area (Å²) in [7, 11) is 0. The topological polar surface area (TPSA) is 77.8 Å². The van der Waals surface area contributed by atoms with E-state index in [2.05, 4.69) is 20.4 Å². The fourth-order valence-electron chi connectivity index (χ4n) is 3.85. The van der Waals surface area contributed by atoms with Crippen LogP contribution in [0.1, 0.15) is 11.8 Å². The molecule has 2 aromatic carbocycles. The van der Waals surface area contributed by atoms with Crippen LogP contribution in [-0.4, -0.2) is 49.4 Å². The molecule has 0 saturated carbocycles. The SMILES string of the molecule is O=C(NCC(c1ccco1)N1CCN(c2ccc(F)cc2)CC1)C(=O)Nc1ccccc1Cl. The highest BCUT2D eigenvalue weighted by Gasteiger charge is 2.28. The minimum Gasteiger partial charge on any atom is -0.468 e. The molecule has 1 aliphatic rings. The molecule has 4 rings (SSSR count). The van der Waals surface area contributed by atoms with E-state index < -0.39 is 11.8 Å². The molecule has 1 fully saturated rings. The van der Waals surface area contributed by atoms with E-state index in [9.17, 15) is 14.0 Å². The van der Waals surface area contributed by atoms with Crippen LogP contribution in [0.4, 0.5) is 15.8 Å². The minimum atomic E-state index is -0.789. The van der Waals surface area contributed by atoms with Crippen molar-refractivity contribution < 1.29 is 18.4 Å². The maximum absolute atomic E-state index is 13.2. The van der Waals surface area contributed by atoms with Crippen LogP contribution in [0.3, 0.4) is 0 Å². The molecule has 3 aromatic rings. The first-order valence-electron chi connectivity index (χ1n) is 10.6. The number of carbonyl (C=O) groups is 2. The van der Waals surface area contributed by atoms with Crippen molar-refractivity contribution >= 4 is 34.8 Å². The van der Waals surface area contributed by atoms with Crippen LogP contribution in [0.25, 0.3) is 0 Å². The van der Waals surface area contributed by atoms with E-state index in [1.807, 2.05) is 6.07 Å². The summed E-state index contributed by atoms with van der Waals surface area (Å²) in [6.45, 7) is 3.11. The molecule has 0 radical (unpaired) electrons. The second-order valence-corrected chi connectivity index (χ2v) is 8.08. The van der Waals surface area contributed by atoms with Crippen molar-refractivity contribution in [2.24, 2.45) is 0 Å². The number of amides is 2. The number of rotatable bonds is 6. The standard InChI is InChI=1S/C24H24ClFN4O3/c25-19-4-1-2-5-20(19)28-24(32)23(31)27-16-21(22-6-3-15-33-22)30-13-11-29(12-14-30)18-9-7-17(26)8-10-18/h1-10,15,21H,11-14,16H2,(H,27,31)(H,28,32). The highest BCUT2D eigenvalue weighted by atomic mass is 35.5. The maximum atomic E-state index is 13.2. The summed E-state index contributed by atoms with van der Waals surface area (Å²) in [5.41, 5.74) is 1.34. The molecule has 172 valence electrons. The third-order valence-corrected chi connectivity index (χ3v) is 5.93. The van der Waals surface area contributed by atoms with Crippen LogP contribution < -0.4 is 15.5 Å². The van der Waals surface area contributed by atoms with Gasteiger partial charge in [-0.25, -0.2) is 4.39 Å². The average molecular weight is 471 g/mol. The number of benzene rings is 2. The molecule has 1 aliphatic heterocycles. The molecule has 0 aliphatic carbocycles.